The van der Waals surface area contributed by atoms with Crippen molar-refractivity contribution >= 4 is 11.8 Å². The highest BCUT2D eigenvalue weighted by molar-refractivity contribution is 5.80. The lowest BCUT2D eigenvalue weighted by atomic mass is 9.84. The molecule has 1 aliphatic heterocycles. The highest BCUT2D eigenvalue weighted by atomic mass is 16.3. The third-order valence-corrected chi connectivity index (χ3v) is 5.56. The summed E-state index contributed by atoms with van der Waals surface area (Å²) in [6, 6.07) is 8.46. The molecular weight excluding hydrogens is 352 g/mol. The van der Waals surface area contributed by atoms with Crippen LogP contribution < -0.4 is 10.6 Å². The Labute approximate surface area is 169 Å². The Hall–Kier alpha value is -1.88. The maximum absolute atomic E-state index is 12.4. The van der Waals surface area contributed by atoms with E-state index in [9.17, 15) is 14.7 Å². The molecule has 5 heteroatoms. The predicted octanol–water partition coefficient (Wildman–Crippen LogP) is 3.41. The third-order valence-electron chi connectivity index (χ3n) is 5.56. The summed E-state index contributed by atoms with van der Waals surface area (Å²) in [6.45, 7) is 7.67. The number of rotatable bonds is 10. The summed E-state index contributed by atoms with van der Waals surface area (Å²) in [7, 11) is 0. The quantitative estimate of drug-likeness (QED) is 0.575. The first kappa shape index (κ1) is 22.4. The van der Waals surface area contributed by atoms with Gasteiger partial charge in [0.25, 0.3) is 0 Å². The summed E-state index contributed by atoms with van der Waals surface area (Å²) in [6.07, 6.45) is 5.55. The van der Waals surface area contributed by atoms with E-state index in [0.717, 1.165) is 32.1 Å². The highest BCUT2D eigenvalue weighted by Crippen LogP contribution is 2.29. The van der Waals surface area contributed by atoms with E-state index in [1.165, 1.54) is 11.1 Å². The molecule has 2 amide bonds. The summed E-state index contributed by atoms with van der Waals surface area (Å²) in [4.78, 5) is 24.3. The zero-order chi connectivity index (χ0) is 20.8. The SMILES string of the molecule is Cc1ccc(C[C@]2(CCC(=O)N[C@@H](C)CCCC(C)(C)O)CCC(=O)N2)cc1. The second-order valence-corrected chi connectivity index (χ2v) is 9.16. The van der Waals surface area contributed by atoms with E-state index in [0.29, 0.717) is 19.3 Å². The number of carbonyl (C=O) groups excluding carboxylic acids is 2. The van der Waals surface area contributed by atoms with Crippen molar-refractivity contribution in [1.29, 1.82) is 0 Å². The van der Waals surface area contributed by atoms with E-state index < -0.39 is 5.60 Å². The van der Waals surface area contributed by atoms with Gasteiger partial charge in [-0.2, -0.15) is 0 Å². The van der Waals surface area contributed by atoms with Crippen molar-refractivity contribution in [2.45, 2.75) is 96.2 Å². The molecule has 1 saturated heterocycles. The van der Waals surface area contributed by atoms with Crippen molar-refractivity contribution in [3.8, 4) is 0 Å². The summed E-state index contributed by atoms with van der Waals surface area (Å²) >= 11 is 0. The molecule has 1 aliphatic rings. The molecule has 0 saturated carbocycles. The Morgan fingerprint density at radius 3 is 2.57 bits per heavy atom. The molecule has 28 heavy (non-hydrogen) atoms. The lowest BCUT2D eigenvalue weighted by molar-refractivity contribution is -0.123. The molecule has 0 spiro atoms. The normalized spacial score (nSPS) is 20.7. The van der Waals surface area contributed by atoms with Crippen LogP contribution in [0.25, 0.3) is 0 Å². The number of hydrogen-bond donors (Lipinski definition) is 3. The summed E-state index contributed by atoms with van der Waals surface area (Å²) in [5.41, 5.74) is 1.42. The zero-order valence-electron chi connectivity index (χ0n) is 17.8. The van der Waals surface area contributed by atoms with Crippen molar-refractivity contribution in [3.05, 3.63) is 35.4 Å². The minimum absolute atomic E-state index is 0.0280. The summed E-state index contributed by atoms with van der Waals surface area (Å²) in [5.74, 6) is 0.104. The monoisotopic (exact) mass is 388 g/mol. The maximum atomic E-state index is 12.4. The topological polar surface area (TPSA) is 78.4 Å². The van der Waals surface area contributed by atoms with Gasteiger partial charge in [0.15, 0.2) is 0 Å². The molecule has 0 radical (unpaired) electrons. The number of aliphatic hydroxyl groups is 1. The van der Waals surface area contributed by atoms with Crippen LogP contribution in [0.3, 0.4) is 0 Å². The molecule has 1 fully saturated rings. The minimum atomic E-state index is -0.660. The van der Waals surface area contributed by atoms with E-state index in [1.807, 2.05) is 6.92 Å². The first-order valence-corrected chi connectivity index (χ1v) is 10.5. The second-order valence-electron chi connectivity index (χ2n) is 9.16. The van der Waals surface area contributed by atoms with Gasteiger partial charge in [-0.25, -0.2) is 0 Å². The van der Waals surface area contributed by atoms with Crippen LogP contribution in [0.5, 0.6) is 0 Å². The second kappa shape index (κ2) is 9.55. The molecule has 0 aromatic heterocycles. The van der Waals surface area contributed by atoms with E-state index in [1.54, 1.807) is 13.8 Å². The Bertz CT molecular complexity index is 663. The van der Waals surface area contributed by atoms with Crippen molar-refractivity contribution in [3.63, 3.8) is 0 Å². The van der Waals surface area contributed by atoms with Crippen molar-refractivity contribution in [2.75, 3.05) is 0 Å². The molecule has 3 N–H and O–H groups in total. The fourth-order valence-corrected chi connectivity index (χ4v) is 3.89. The lowest BCUT2D eigenvalue weighted by Gasteiger charge is -2.29. The maximum Gasteiger partial charge on any atom is 0.220 e. The van der Waals surface area contributed by atoms with Gasteiger partial charge in [-0.1, -0.05) is 29.8 Å². The smallest absolute Gasteiger partial charge is 0.220 e. The molecule has 0 bridgehead atoms. The van der Waals surface area contributed by atoms with Crippen molar-refractivity contribution in [2.24, 2.45) is 0 Å². The van der Waals surface area contributed by atoms with Gasteiger partial charge in [0, 0.05) is 24.4 Å². The predicted molar refractivity (Wildman–Crippen MR) is 112 cm³/mol. The fraction of sp³-hybridized carbons (Fsp3) is 0.652. The number of carbonyl (C=O) groups is 2. The molecule has 2 atom stereocenters. The van der Waals surface area contributed by atoms with Crippen LogP contribution in [-0.4, -0.2) is 34.1 Å². The number of benzene rings is 1. The van der Waals surface area contributed by atoms with Gasteiger partial charge < -0.3 is 15.7 Å². The standard InChI is InChI=1S/C23H36N2O3/c1-17-7-9-19(10-8-17)16-23(15-12-21(27)25-23)14-11-20(26)24-18(2)6-5-13-22(3,4)28/h7-10,18,28H,5-6,11-16H2,1-4H3,(H,24,26)(H,25,27)/t18-,23-/m0/s1. The van der Waals surface area contributed by atoms with Gasteiger partial charge in [-0.05, 0) is 71.8 Å². The molecule has 1 aromatic rings. The van der Waals surface area contributed by atoms with Gasteiger partial charge in [0.2, 0.25) is 11.8 Å². The average molecular weight is 389 g/mol. The molecule has 156 valence electrons. The number of amides is 2. The Morgan fingerprint density at radius 2 is 2.00 bits per heavy atom. The van der Waals surface area contributed by atoms with Crippen LogP contribution in [0.4, 0.5) is 0 Å². The van der Waals surface area contributed by atoms with E-state index >= 15 is 0 Å². The van der Waals surface area contributed by atoms with Gasteiger partial charge in [-0.15, -0.1) is 0 Å². The van der Waals surface area contributed by atoms with Crippen LogP contribution in [0, 0.1) is 6.92 Å². The van der Waals surface area contributed by atoms with Crippen LogP contribution in [-0.2, 0) is 16.0 Å². The molecule has 0 unspecified atom stereocenters. The largest absolute Gasteiger partial charge is 0.390 e. The number of hydrogen-bond acceptors (Lipinski definition) is 3. The van der Waals surface area contributed by atoms with Crippen LogP contribution in [0.15, 0.2) is 24.3 Å². The third kappa shape index (κ3) is 7.63. The average Bonchev–Trinajstić information content (AvgIpc) is 2.95. The summed E-state index contributed by atoms with van der Waals surface area (Å²) in [5, 5.41) is 16.0. The molecular formula is C23H36N2O3. The molecule has 1 aromatic carbocycles. The first-order valence-electron chi connectivity index (χ1n) is 10.5. The zero-order valence-corrected chi connectivity index (χ0v) is 17.8. The molecule has 5 nitrogen and oxygen atoms in total. The lowest BCUT2D eigenvalue weighted by Crippen LogP contribution is -2.45. The minimum Gasteiger partial charge on any atom is -0.390 e. The van der Waals surface area contributed by atoms with Crippen LogP contribution >= 0.6 is 0 Å². The fourth-order valence-electron chi connectivity index (χ4n) is 3.89. The van der Waals surface area contributed by atoms with Gasteiger partial charge in [0.1, 0.15) is 0 Å². The molecule has 0 aliphatic carbocycles. The Kier molecular flexibility index (Phi) is 7.64. The number of aryl methyl sites for hydroxylation is 1. The van der Waals surface area contributed by atoms with Gasteiger partial charge in [-0.3, -0.25) is 9.59 Å². The highest BCUT2D eigenvalue weighted by Gasteiger charge is 2.37. The van der Waals surface area contributed by atoms with Crippen molar-refractivity contribution in [1.82, 2.24) is 10.6 Å². The van der Waals surface area contributed by atoms with Crippen LogP contribution in [0.2, 0.25) is 0 Å². The Morgan fingerprint density at radius 1 is 1.32 bits per heavy atom. The molecule has 1 heterocycles. The van der Waals surface area contributed by atoms with Crippen LogP contribution in [0.1, 0.15) is 76.8 Å². The van der Waals surface area contributed by atoms with Gasteiger partial charge >= 0.3 is 0 Å². The van der Waals surface area contributed by atoms with E-state index in [2.05, 4.69) is 41.8 Å². The molecule has 2 rings (SSSR count). The van der Waals surface area contributed by atoms with E-state index in [4.69, 9.17) is 0 Å². The Balaban J connectivity index is 1.85. The number of nitrogens with one attached hydrogen (secondary N) is 2. The van der Waals surface area contributed by atoms with Crippen molar-refractivity contribution < 1.29 is 14.7 Å². The van der Waals surface area contributed by atoms with Gasteiger partial charge in [0.05, 0.1) is 5.60 Å². The first-order chi connectivity index (χ1) is 13.1. The summed E-state index contributed by atoms with van der Waals surface area (Å²) < 4.78 is 0. The van der Waals surface area contributed by atoms with E-state index in [-0.39, 0.29) is 23.4 Å².